The normalized spacial score (nSPS) is 10.1. The molecular weight excluding hydrogens is 218 g/mol. The number of nitrogens with one attached hydrogen (secondary N) is 2. The largest absolute Gasteiger partial charge is 0.398 e. The van der Waals surface area contributed by atoms with Crippen LogP contribution in [0.2, 0.25) is 0 Å². The van der Waals surface area contributed by atoms with Gasteiger partial charge in [0.15, 0.2) is 0 Å². The van der Waals surface area contributed by atoms with Crippen molar-refractivity contribution < 1.29 is 4.79 Å². The van der Waals surface area contributed by atoms with Crippen molar-refractivity contribution >= 4 is 11.6 Å². The number of benzene rings is 1. The lowest BCUT2D eigenvalue weighted by atomic mass is 10.1. The van der Waals surface area contributed by atoms with Crippen molar-refractivity contribution in [3.63, 3.8) is 0 Å². The quantitative estimate of drug-likeness (QED) is 0.657. The van der Waals surface area contributed by atoms with Gasteiger partial charge in [-0.05, 0) is 11.6 Å². The Morgan fingerprint density at radius 3 is 2.94 bits per heavy atom. The number of aromatic nitrogens is 3. The number of hydrogen-bond acceptors (Lipinski definition) is 4. The summed E-state index contributed by atoms with van der Waals surface area (Å²) in [6.07, 6.45) is 1.66. The monoisotopic (exact) mass is 231 g/mol. The number of nitrogens with two attached hydrogens (primary N) is 1. The summed E-state index contributed by atoms with van der Waals surface area (Å²) in [7, 11) is 0. The van der Waals surface area contributed by atoms with Crippen LogP contribution in [-0.4, -0.2) is 21.1 Å². The molecule has 17 heavy (non-hydrogen) atoms. The van der Waals surface area contributed by atoms with Gasteiger partial charge in [0.2, 0.25) is 5.91 Å². The highest BCUT2D eigenvalue weighted by Gasteiger charge is 2.06. The van der Waals surface area contributed by atoms with E-state index in [-0.39, 0.29) is 12.3 Å². The molecule has 0 unspecified atom stereocenters. The van der Waals surface area contributed by atoms with Crippen molar-refractivity contribution in [1.29, 1.82) is 0 Å². The SMILES string of the molecule is Nc1ccccc1CC(=O)NCc1ncn[nH]1. The van der Waals surface area contributed by atoms with Gasteiger partial charge in [0, 0.05) is 5.69 Å². The lowest BCUT2D eigenvalue weighted by Crippen LogP contribution is -2.25. The zero-order valence-corrected chi connectivity index (χ0v) is 9.18. The Kier molecular flexibility index (Phi) is 3.34. The maximum Gasteiger partial charge on any atom is 0.224 e. The molecule has 1 heterocycles. The Morgan fingerprint density at radius 2 is 2.24 bits per heavy atom. The Morgan fingerprint density at radius 1 is 1.41 bits per heavy atom. The second-order valence-electron chi connectivity index (χ2n) is 3.58. The van der Waals surface area contributed by atoms with Crippen LogP contribution in [0.25, 0.3) is 0 Å². The summed E-state index contributed by atoms with van der Waals surface area (Å²) in [6, 6.07) is 7.31. The van der Waals surface area contributed by atoms with Gasteiger partial charge in [-0.2, -0.15) is 5.10 Å². The van der Waals surface area contributed by atoms with E-state index in [1.54, 1.807) is 6.07 Å². The molecule has 0 atom stereocenters. The Hall–Kier alpha value is -2.37. The van der Waals surface area contributed by atoms with Gasteiger partial charge < -0.3 is 11.1 Å². The number of carbonyl (C=O) groups is 1. The predicted molar refractivity (Wildman–Crippen MR) is 62.8 cm³/mol. The first-order valence-electron chi connectivity index (χ1n) is 5.20. The van der Waals surface area contributed by atoms with E-state index in [1.165, 1.54) is 6.33 Å². The average molecular weight is 231 g/mol. The fraction of sp³-hybridized carbons (Fsp3) is 0.182. The van der Waals surface area contributed by atoms with Gasteiger partial charge in [-0.1, -0.05) is 18.2 Å². The molecule has 0 aliphatic carbocycles. The van der Waals surface area contributed by atoms with Gasteiger partial charge >= 0.3 is 0 Å². The van der Waals surface area contributed by atoms with E-state index in [4.69, 9.17) is 5.73 Å². The number of nitrogen functional groups attached to an aromatic ring is 1. The molecule has 1 amide bonds. The second-order valence-corrected chi connectivity index (χ2v) is 3.58. The minimum atomic E-state index is -0.0979. The molecule has 0 bridgehead atoms. The van der Waals surface area contributed by atoms with E-state index in [0.717, 1.165) is 5.56 Å². The molecular formula is C11H13N5O. The molecule has 0 radical (unpaired) electrons. The summed E-state index contributed by atoms with van der Waals surface area (Å²) < 4.78 is 0. The third kappa shape index (κ3) is 3.04. The van der Waals surface area contributed by atoms with Crippen LogP contribution in [0, 0.1) is 0 Å². The fourth-order valence-corrected chi connectivity index (χ4v) is 1.43. The molecule has 2 rings (SSSR count). The minimum absolute atomic E-state index is 0.0979. The topological polar surface area (TPSA) is 96.7 Å². The Bertz CT molecular complexity index is 494. The van der Waals surface area contributed by atoms with Gasteiger partial charge in [0.1, 0.15) is 12.2 Å². The molecule has 0 saturated heterocycles. The van der Waals surface area contributed by atoms with Crippen molar-refractivity contribution in [3.8, 4) is 0 Å². The first-order chi connectivity index (χ1) is 8.25. The number of amides is 1. The van der Waals surface area contributed by atoms with Crippen LogP contribution in [0.15, 0.2) is 30.6 Å². The summed E-state index contributed by atoms with van der Waals surface area (Å²) >= 11 is 0. The first kappa shape index (κ1) is 11.1. The number of H-pyrrole nitrogens is 1. The molecule has 2 aromatic rings. The van der Waals surface area contributed by atoms with E-state index in [0.29, 0.717) is 18.1 Å². The maximum atomic E-state index is 11.6. The third-order valence-corrected chi connectivity index (χ3v) is 2.32. The molecule has 0 fully saturated rings. The van der Waals surface area contributed by atoms with Crippen molar-refractivity contribution in [2.75, 3.05) is 5.73 Å². The van der Waals surface area contributed by atoms with Gasteiger partial charge in [0.25, 0.3) is 0 Å². The third-order valence-electron chi connectivity index (χ3n) is 2.32. The van der Waals surface area contributed by atoms with Crippen LogP contribution in [0.5, 0.6) is 0 Å². The molecule has 0 saturated carbocycles. The highest BCUT2D eigenvalue weighted by molar-refractivity contribution is 5.80. The summed E-state index contributed by atoms with van der Waals surface area (Å²) in [5.41, 5.74) is 7.20. The van der Waals surface area contributed by atoms with Gasteiger partial charge in [-0.25, -0.2) is 4.98 Å². The van der Waals surface area contributed by atoms with Crippen LogP contribution in [0.3, 0.4) is 0 Å². The predicted octanol–water partition coefficient (Wildman–Crippen LogP) is 0.246. The smallest absolute Gasteiger partial charge is 0.224 e. The number of rotatable bonds is 4. The Labute approximate surface area is 98.3 Å². The van der Waals surface area contributed by atoms with Crippen LogP contribution in [0.1, 0.15) is 11.4 Å². The first-order valence-corrected chi connectivity index (χ1v) is 5.20. The summed E-state index contributed by atoms with van der Waals surface area (Å²) in [4.78, 5) is 15.5. The number of nitrogens with zero attached hydrogens (tertiary/aromatic N) is 2. The van der Waals surface area contributed by atoms with Crippen molar-refractivity contribution in [2.45, 2.75) is 13.0 Å². The Balaban J connectivity index is 1.87. The lowest BCUT2D eigenvalue weighted by Gasteiger charge is -2.05. The van der Waals surface area contributed by atoms with Crippen LogP contribution in [-0.2, 0) is 17.8 Å². The van der Waals surface area contributed by atoms with Crippen LogP contribution < -0.4 is 11.1 Å². The average Bonchev–Trinajstić information content (AvgIpc) is 2.82. The molecule has 4 N–H and O–H groups in total. The van der Waals surface area contributed by atoms with E-state index >= 15 is 0 Å². The zero-order chi connectivity index (χ0) is 12.1. The molecule has 1 aromatic heterocycles. The summed E-state index contributed by atoms with van der Waals surface area (Å²) in [5, 5.41) is 9.09. The molecule has 0 aliphatic heterocycles. The molecule has 0 spiro atoms. The van der Waals surface area contributed by atoms with E-state index < -0.39 is 0 Å². The van der Waals surface area contributed by atoms with Crippen molar-refractivity contribution in [3.05, 3.63) is 42.0 Å². The number of hydrogen-bond donors (Lipinski definition) is 3. The second kappa shape index (κ2) is 5.11. The number of para-hydroxylation sites is 1. The molecule has 0 aliphatic rings. The van der Waals surface area contributed by atoms with E-state index in [2.05, 4.69) is 20.5 Å². The number of aromatic amines is 1. The van der Waals surface area contributed by atoms with Crippen molar-refractivity contribution in [2.24, 2.45) is 0 Å². The molecule has 6 heteroatoms. The standard InChI is InChI=1S/C11H13N5O/c12-9-4-2-1-3-8(9)5-11(17)13-6-10-14-7-15-16-10/h1-4,7H,5-6,12H2,(H,13,17)(H,14,15,16). The lowest BCUT2D eigenvalue weighted by molar-refractivity contribution is -0.120. The highest BCUT2D eigenvalue weighted by Crippen LogP contribution is 2.10. The molecule has 6 nitrogen and oxygen atoms in total. The maximum absolute atomic E-state index is 11.6. The number of carbonyl (C=O) groups excluding carboxylic acids is 1. The van der Waals surface area contributed by atoms with E-state index in [1.807, 2.05) is 18.2 Å². The molecule has 88 valence electrons. The van der Waals surface area contributed by atoms with Gasteiger partial charge in [-0.3, -0.25) is 9.89 Å². The summed E-state index contributed by atoms with van der Waals surface area (Å²) in [5.74, 6) is 0.527. The highest BCUT2D eigenvalue weighted by atomic mass is 16.1. The number of anilines is 1. The van der Waals surface area contributed by atoms with Crippen LogP contribution >= 0.6 is 0 Å². The van der Waals surface area contributed by atoms with Crippen molar-refractivity contribution in [1.82, 2.24) is 20.5 Å². The molecule has 1 aromatic carbocycles. The fourth-order valence-electron chi connectivity index (χ4n) is 1.43. The van der Waals surface area contributed by atoms with E-state index in [9.17, 15) is 4.79 Å². The van der Waals surface area contributed by atoms with Crippen LogP contribution in [0.4, 0.5) is 5.69 Å². The van der Waals surface area contributed by atoms with Gasteiger partial charge in [-0.15, -0.1) is 0 Å². The summed E-state index contributed by atoms with van der Waals surface area (Å²) in [6.45, 7) is 0.339. The minimum Gasteiger partial charge on any atom is -0.398 e. The van der Waals surface area contributed by atoms with Gasteiger partial charge in [0.05, 0.1) is 13.0 Å². The zero-order valence-electron chi connectivity index (χ0n) is 9.18.